The van der Waals surface area contributed by atoms with E-state index in [1.165, 1.54) is 18.4 Å². The van der Waals surface area contributed by atoms with Crippen molar-refractivity contribution >= 4 is 27.5 Å². The highest BCUT2D eigenvalue weighted by molar-refractivity contribution is 9.10. The van der Waals surface area contributed by atoms with Crippen molar-refractivity contribution in [3.05, 3.63) is 33.3 Å². The largest absolute Gasteiger partial charge is 0.320 e. The van der Waals surface area contributed by atoms with Gasteiger partial charge in [-0.15, -0.1) is 0 Å². The van der Waals surface area contributed by atoms with Crippen LogP contribution in [0.2, 0.25) is 5.02 Å². The minimum Gasteiger partial charge on any atom is -0.320 e. The molecule has 0 bridgehead atoms. The first-order chi connectivity index (χ1) is 6.74. The molecule has 0 radical (unpaired) electrons. The molecule has 78 valence electrons. The van der Waals surface area contributed by atoms with Crippen LogP contribution in [0, 0.1) is 0 Å². The van der Waals surface area contributed by atoms with Crippen LogP contribution < -0.4 is 5.32 Å². The molecule has 0 atom stereocenters. The zero-order chi connectivity index (χ0) is 10.4. The molecule has 0 saturated heterocycles. The lowest BCUT2D eigenvalue weighted by Gasteiger charge is -2.04. The van der Waals surface area contributed by atoms with Crippen LogP contribution in [-0.2, 0) is 6.42 Å². The summed E-state index contributed by atoms with van der Waals surface area (Å²) in [6.45, 7) is 1.09. The monoisotopic (exact) mass is 275 g/mol. The van der Waals surface area contributed by atoms with Gasteiger partial charge in [0.25, 0.3) is 0 Å². The number of nitrogens with one attached hydrogen (secondary N) is 1. The fraction of sp³-hybridized carbons (Fsp3) is 0.455. The molecule has 0 unspecified atom stereocenters. The van der Waals surface area contributed by atoms with Crippen molar-refractivity contribution in [1.29, 1.82) is 0 Å². The Balaban J connectivity index is 2.42. The first-order valence-corrected chi connectivity index (χ1v) is 5.99. The lowest BCUT2D eigenvalue weighted by Crippen LogP contribution is -2.07. The molecule has 0 amide bonds. The van der Waals surface area contributed by atoms with Crippen molar-refractivity contribution in [2.75, 3.05) is 13.6 Å². The molecule has 0 aromatic heterocycles. The number of aryl methyl sites for hydroxylation is 1. The van der Waals surface area contributed by atoms with Crippen LogP contribution in [0.5, 0.6) is 0 Å². The second-order valence-electron chi connectivity index (χ2n) is 3.30. The summed E-state index contributed by atoms with van der Waals surface area (Å²) in [6.07, 6.45) is 3.53. The minimum absolute atomic E-state index is 0.788. The lowest BCUT2D eigenvalue weighted by molar-refractivity contribution is 0.676. The molecular formula is C11H15BrClN. The number of hydrogen-bond acceptors (Lipinski definition) is 1. The third-order valence-corrected chi connectivity index (χ3v) is 3.11. The summed E-state index contributed by atoms with van der Waals surface area (Å²) in [6, 6.07) is 5.99. The normalized spacial score (nSPS) is 10.5. The van der Waals surface area contributed by atoms with Gasteiger partial charge in [-0.2, -0.15) is 0 Å². The van der Waals surface area contributed by atoms with Crippen molar-refractivity contribution in [3.8, 4) is 0 Å². The van der Waals surface area contributed by atoms with Crippen LogP contribution in [-0.4, -0.2) is 13.6 Å². The van der Waals surface area contributed by atoms with Gasteiger partial charge in [0.2, 0.25) is 0 Å². The maximum Gasteiger partial charge on any atom is 0.0417 e. The highest BCUT2D eigenvalue weighted by atomic mass is 79.9. The van der Waals surface area contributed by atoms with E-state index < -0.39 is 0 Å². The molecule has 1 nitrogen and oxygen atoms in total. The second-order valence-corrected chi connectivity index (χ2v) is 4.59. The molecule has 0 fully saturated rings. The average molecular weight is 277 g/mol. The van der Waals surface area contributed by atoms with Crippen molar-refractivity contribution in [3.63, 3.8) is 0 Å². The van der Waals surface area contributed by atoms with Gasteiger partial charge >= 0.3 is 0 Å². The van der Waals surface area contributed by atoms with Crippen LogP contribution in [0.3, 0.4) is 0 Å². The van der Waals surface area contributed by atoms with E-state index in [-0.39, 0.29) is 0 Å². The highest BCUT2D eigenvalue weighted by Crippen LogP contribution is 2.22. The van der Waals surface area contributed by atoms with E-state index >= 15 is 0 Å². The maximum atomic E-state index is 5.86. The summed E-state index contributed by atoms with van der Waals surface area (Å²) in [5, 5.41) is 3.93. The SMILES string of the molecule is CNCCCCc1ccc(Cl)cc1Br. The van der Waals surface area contributed by atoms with E-state index in [9.17, 15) is 0 Å². The van der Waals surface area contributed by atoms with Crippen LogP contribution in [0.25, 0.3) is 0 Å². The van der Waals surface area contributed by atoms with Gasteiger partial charge in [-0.05, 0) is 50.6 Å². The van der Waals surface area contributed by atoms with E-state index in [2.05, 4.69) is 27.3 Å². The van der Waals surface area contributed by atoms with Gasteiger partial charge in [-0.3, -0.25) is 0 Å². The van der Waals surface area contributed by atoms with Gasteiger partial charge < -0.3 is 5.32 Å². The molecule has 3 heteroatoms. The summed E-state index contributed by atoms with van der Waals surface area (Å²) >= 11 is 9.38. The topological polar surface area (TPSA) is 12.0 Å². The van der Waals surface area contributed by atoms with Crippen LogP contribution in [0.15, 0.2) is 22.7 Å². The van der Waals surface area contributed by atoms with Gasteiger partial charge in [0, 0.05) is 9.50 Å². The van der Waals surface area contributed by atoms with Crippen molar-refractivity contribution < 1.29 is 0 Å². The molecule has 0 aliphatic rings. The van der Waals surface area contributed by atoms with Gasteiger partial charge in [0.1, 0.15) is 0 Å². The number of halogens is 2. The first kappa shape index (κ1) is 12.0. The Morgan fingerprint density at radius 1 is 1.36 bits per heavy atom. The minimum atomic E-state index is 0.788. The molecule has 0 spiro atoms. The second kappa shape index (κ2) is 6.44. The molecule has 1 rings (SSSR count). The van der Waals surface area contributed by atoms with E-state index in [1.807, 2.05) is 19.2 Å². The molecule has 1 N–H and O–H groups in total. The summed E-state index contributed by atoms with van der Waals surface area (Å²) in [4.78, 5) is 0. The molecule has 0 heterocycles. The lowest BCUT2D eigenvalue weighted by atomic mass is 10.1. The summed E-state index contributed by atoms with van der Waals surface area (Å²) < 4.78 is 1.12. The quantitative estimate of drug-likeness (QED) is 0.810. The molecule has 0 saturated carbocycles. The van der Waals surface area contributed by atoms with Crippen LogP contribution in [0.4, 0.5) is 0 Å². The van der Waals surface area contributed by atoms with E-state index in [0.29, 0.717) is 0 Å². The standard InChI is InChI=1S/C11H15BrClN/c1-14-7-3-2-4-9-5-6-10(13)8-11(9)12/h5-6,8,14H,2-4,7H2,1H3. The number of benzene rings is 1. The zero-order valence-corrected chi connectivity index (χ0v) is 10.7. The zero-order valence-electron chi connectivity index (χ0n) is 8.32. The number of hydrogen-bond donors (Lipinski definition) is 1. The van der Waals surface area contributed by atoms with Crippen LogP contribution >= 0.6 is 27.5 Å². The smallest absolute Gasteiger partial charge is 0.0417 e. The Labute approximate surface area is 99.0 Å². The molecule has 1 aromatic carbocycles. The first-order valence-electron chi connectivity index (χ1n) is 4.82. The van der Waals surface area contributed by atoms with Crippen molar-refractivity contribution in [2.45, 2.75) is 19.3 Å². The number of unbranched alkanes of at least 4 members (excludes halogenated alkanes) is 1. The van der Waals surface area contributed by atoms with E-state index in [4.69, 9.17) is 11.6 Å². The molecule has 0 aliphatic carbocycles. The summed E-state index contributed by atoms with van der Waals surface area (Å²) in [7, 11) is 1.98. The molecular weight excluding hydrogens is 261 g/mol. The molecule has 0 aliphatic heterocycles. The van der Waals surface area contributed by atoms with Gasteiger partial charge in [0.05, 0.1) is 0 Å². The molecule has 1 aromatic rings. The van der Waals surface area contributed by atoms with Crippen LogP contribution in [0.1, 0.15) is 18.4 Å². The van der Waals surface area contributed by atoms with Gasteiger partial charge in [-0.25, -0.2) is 0 Å². The highest BCUT2D eigenvalue weighted by Gasteiger charge is 2.00. The van der Waals surface area contributed by atoms with Crippen molar-refractivity contribution in [2.24, 2.45) is 0 Å². The Kier molecular flexibility index (Phi) is 5.53. The third-order valence-electron chi connectivity index (χ3n) is 2.14. The fourth-order valence-corrected chi connectivity index (χ4v) is 2.22. The van der Waals surface area contributed by atoms with E-state index in [1.54, 1.807) is 0 Å². The van der Waals surface area contributed by atoms with Crippen molar-refractivity contribution in [1.82, 2.24) is 5.32 Å². The summed E-state index contributed by atoms with van der Waals surface area (Å²) in [5.41, 5.74) is 1.34. The Hall–Kier alpha value is -0.0500. The fourth-order valence-electron chi connectivity index (χ4n) is 1.34. The predicted octanol–water partition coefficient (Wildman–Crippen LogP) is 3.64. The Morgan fingerprint density at radius 2 is 2.14 bits per heavy atom. The van der Waals surface area contributed by atoms with E-state index in [0.717, 1.165) is 22.5 Å². The van der Waals surface area contributed by atoms with Gasteiger partial charge in [-0.1, -0.05) is 33.6 Å². The summed E-state index contributed by atoms with van der Waals surface area (Å²) in [5.74, 6) is 0. The maximum absolute atomic E-state index is 5.86. The molecule has 14 heavy (non-hydrogen) atoms. The average Bonchev–Trinajstić information content (AvgIpc) is 2.15. The third kappa shape index (κ3) is 3.99. The predicted molar refractivity (Wildman–Crippen MR) is 66.0 cm³/mol. The Morgan fingerprint density at radius 3 is 2.79 bits per heavy atom. The van der Waals surface area contributed by atoms with Gasteiger partial charge in [0.15, 0.2) is 0 Å². The Bertz CT molecular complexity index is 289. The number of rotatable bonds is 5.